The third-order valence-corrected chi connectivity index (χ3v) is 5.36. The monoisotopic (exact) mass is 384 g/mol. The van der Waals surface area contributed by atoms with Gasteiger partial charge in [0.2, 0.25) is 0 Å². The minimum absolute atomic E-state index is 0.121. The largest absolute Gasteiger partial charge is 0.422 e. The molecular weight excluding hydrogens is 364 g/mol. The molecule has 1 saturated heterocycles. The molecule has 1 aromatic heterocycles. The lowest BCUT2D eigenvalue weighted by Gasteiger charge is -2.27. The molecule has 2 aromatic carbocycles. The van der Waals surface area contributed by atoms with Crippen molar-refractivity contribution in [3.8, 4) is 11.1 Å². The quantitative estimate of drug-likeness (QED) is 0.677. The van der Waals surface area contributed by atoms with Gasteiger partial charge in [-0.3, -0.25) is 4.90 Å². The average Bonchev–Trinajstić information content (AvgIpc) is 2.69. The molecule has 2 N–H and O–H groups in total. The number of para-hydroxylation sites is 1. The maximum Gasteiger partial charge on any atom is 0.341 e. The second-order valence-electron chi connectivity index (χ2n) is 6.73. The molecule has 140 valence electrons. The van der Waals surface area contributed by atoms with Crippen LogP contribution in [-0.2, 0) is 13.2 Å². The van der Waals surface area contributed by atoms with Crippen LogP contribution in [0.3, 0.4) is 0 Å². The molecule has 0 spiro atoms. The van der Waals surface area contributed by atoms with Crippen LogP contribution in [0, 0.1) is 0 Å². The highest BCUT2D eigenvalue weighted by Gasteiger charge is 2.20. The molecule has 4 rings (SSSR count). The van der Waals surface area contributed by atoms with E-state index in [-0.39, 0.29) is 12.2 Å². The Balaban J connectivity index is 1.91. The lowest BCUT2D eigenvalue weighted by atomic mass is 9.95. The first-order valence-corrected chi connectivity index (χ1v) is 9.42. The van der Waals surface area contributed by atoms with Gasteiger partial charge in [0.15, 0.2) is 0 Å². The molecule has 0 radical (unpaired) electrons. The number of hydrogen-bond donors (Lipinski definition) is 2. The first kappa shape index (κ1) is 18.2. The van der Waals surface area contributed by atoms with Crippen molar-refractivity contribution in [2.75, 3.05) is 26.2 Å². The highest BCUT2D eigenvalue weighted by atomic mass is 35.5. The molecule has 1 aliphatic heterocycles. The summed E-state index contributed by atoms with van der Waals surface area (Å²) in [5.41, 5.74) is 3.26. The fourth-order valence-corrected chi connectivity index (χ4v) is 3.83. The van der Waals surface area contributed by atoms with E-state index in [1.807, 2.05) is 30.3 Å². The Kier molecular flexibility index (Phi) is 5.27. The molecule has 0 saturated carbocycles. The Hall–Kier alpha value is -2.18. The van der Waals surface area contributed by atoms with Gasteiger partial charge in [-0.25, -0.2) is 4.79 Å². The smallest absolute Gasteiger partial charge is 0.341 e. The van der Waals surface area contributed by atoms with Crippen molar-refractivity contribution in [2.45, 2.75) is 13.2 Å². The SMILES string of the molecule is O=c1oc2ccccc2c(-c2ccc(CO)c(Cl)c2)c1CN1CCNCC1. The standard InChI is InChI=1S/C21H21ClN2O3/c22-18-11-14(5-6-15(18)13-25)20-16-3-1-2-4-19(16)27-21(26)17(20)12-24-9-7-23-8-10-24/h1-6,11,23,25H,7-10,12-13H2. The second-order valence-corrected chi connectivity index (χ2v) is 7.14. The van der Waals surface area contributed by atoms with E-state index in [9.17, 15) is 9.90 Å². The first-order valence-electron chi connectivity index (χ1n) is 9.05. The van der Waals surface area contributed by atoms with Crippen molar-refractivity contribution in [3.63, 3.8) is 0 Å². The van der Waals surface area contributed by atoms with Crippen LogP contribution in [0.1, 0.15) is 11.1 Å². The van der Waals surface area contributed by atoms with Crippen LogP contribution in [0.25, 0.3) is 22.1 Å². The highest BCUT2D eigenvalue weighted by molar-refractivity contribution is 6.31. The van der Waals surface area contributed by atoms with Gasteiger partial charge in [-0.2, -0.15) is 0 Å². The fourth-order valence-electron chi connectivity index (χ4n) is 3.59. The number of fused-ring (bicyclic) bond motifs is 1. The van der Waals surface area contributed by atoms with E-state index in [1.54, 1.807) is 12.1 Å². The molecule has 1 fully saturated rings. The van der Waals surface area contributed by atoms with Crippen molar-refractivity contribution < 1.29 is 9.52 Å². The normalized spacial score (nSPS) is 15.3. The molecule has 6 heteroatoms. The third-order valence-electron chi connectivity index (χ3n) is 5.01. The zero-order valence-electron chi connectivity index (χ0n) is 14.9. The molecule has 0 amide bonds. The Labute approximate surface area is 162 Å². The summed E-state index contributed by atoms with van der Waals surface area (Å²) in [7, 11) is 0. The van der Waals surface area contributed by atoms with Gasteiger partial charge in [0.1, 0.15) is 5.58 Å². The number of halogens is 1. The van der Waals surface area contributed by atoms with Gasteiger partial charge in [0.05, 0.1) is 12.2 Å². The molecule has 0 atom stereocenters. The van der Waals surface area contributed by atoms with E-state index in [0.29, 0.717) is 28.3 Å². The maximum absolute atomic E-state index is 12.8. The summed E-state index contributed by atoms with van der Waals surface area (Å²) in [5, 5.41) is 14.1. The number of nitrogens with one attached hydrogen (secondary N) is 1. The molecule has 0 aliphatic carbocycles. The van der Waals surface area contributed by atoms with Crippen molar-refractivity contribution in [1.82, 2.24) is 10.2 Å². The number of rotatable bonds is 4. The Morgan fingerprint density at radius 2 is 1.93 bits per heavy atom. The Morgan fingerprint density at radius 3 is 2.67 bits per heavy atom. The summed E-state index contributed by atoms with van der Waals surface area (Å²) < 4.78 is 5.60. The summed E-state index contributed by atoms with van der Waals surface area (Å²) in [6.07, 6.45) is 0. The van der Waals surface area contributed by atoms with E-state index in [4.69, 9.17) is 16.0 Å². The van der Waals surface area contributed by atoms with Gasteiger partial charge in [-0.1, -0.05) is 41.9 Å². The third kappa shape index (κ3) is 3.64. The molecule has 27 heavy (non-hydrogen) atoms. The summed E-state index contributed by atoms with van der Waals surface area (Å²) in [6.45, 7) is 4.00. The highest BCUT2D eigenvalue weighted by Crippen LogP contribution is 2.33. The van der Waals surface area contributed by atoms with Crippen LogP contribution in [0.15, 0.2) is 51.7 Å². The lowest BCUT2D eigenvalue weighted by Crippen LogP contribution is -2.43. The van der Waals surface area contributed by atoms with Gasteiger partial charge in [-0.05, 0) is 23.3 Å². The predicted octanol–water partition coefficient (Wildman–Crippen LogP) is 3.01. The van der Waals surface area contributed by atoms with Gasteiger partial charge in [0, 0.05) is 48.7 Å². The molecule has 0 bridgehead atoms. The molecule has 1 aliphatic rings. The van der Waals surface area contributed by atoms with E-state index in [2.05, 4.69) is 10.2 Å². The van der Waals surface area contributed by atoms with Crippen LogP contribution >= 0.6 is 11.6 Å². The molecule has 2 heterocycles. The molecular formula is C21H21ClN2O3. The van der Waals surface area contributed by atoms with Crippen molar-refractivity contribution in [1.29, 1.82) is 0 Å². The van der Waals surface area contributed by atoms with E-state index < -0.39 is 0 Å². The van der Waals surface area contributed by atoms with Crippen LogP contribution < -0.4 is 10.9 Å². The minimum atomic E-state index is -0.315. The van der Waals surface area contributed by atoms with Crippen molar-refractivity contribution in [3.05, 3.63) is 69.0 Å². The van der Waals surface area contributed by atoms with Crippen LogP contribution in [0.2, 0.25) is 5.02 Å². The van der Waals surface area contributed by atoms with E-state index in [1.165, 1.54) is 0 Å². The number of hydrogen-bond acceptors (Lipinski definition) is 5. The van der Waals surface area contributed by atoms with Crippen molar-refractivity contribution in [2.24, 2.45) is 0 Å². The van der Waals surface area contributed by atoms with Gasteiger partial charge >= 0.3 is 5.63 Å². The number of benzene rings is 2. The Bertz CT molecular complexity index is 1030. The number of aliphatic hydroxyl groups excluding tert-OH is 1. The van der Waals surface area contributed by atoms with Crippen LogP contribution in [0.5, 0.6) is 0 Å². The summed E-state index contributed by atoms with van der Waals surface area (Å²) in [5.74, 6) is 0. The van der Waals surface area contributed by atoms with Crippen LogP contribution in [0.4, 0.5) is 0 Å². The number of aliphatic hydroxyl groups is 1. The second kappa shape index (κ2) is 7.82. The topological polar surface area (TPSA) is 65.7 Å². The Morgan fingerprint density at radius 1 is 1.15 bits per heavy atom. The van der Waals surface area contributed by atoms with E-state index in [0.717, 1.165) is 42.7 Å². The molecule has 5 nitrogen and oxygen atoms in total. The average molecular weight is 385 g/mol. The van der Waals surface area contributed by atoms with Gasteiger partial charge in [-0.15, -0.1) is 0 Å². The van der Waals surface area contributed by atoms with E-state index >= 15 is 0 Å². The molecule has 3 aromatic rings. The lowest BCUT2D eigenvalue weighted by molar-refractivity contribution is 0.231. The molecule has 0 unspecified atom stereocenters. The fraction of sp³-hybridized carbons (Fsp3) is 0.286. The number of nitrogens with zero attached hydrogens (tertiary/aromatic N) is 1. The van der Waals surface area contributed by atoms with Crippen molar-refractivity contribution >= 4 is 22.6 Å². The zero-order chi connectivity index (χ0) is 18.8. The zero-order valence-corrected chi connectivity index (χ0v) is 15.6. The maximum atomic E-state index is 12.8. The predicted molar refractivity (Wildman–Crippen MR) is 107 cm³/mol. The summed E-state index contributed by atoms with van der Waals surface area (Å²) >= 11 is 6.33. The van der Waals surface area contributed by atoms with Crippen LogP contribution in [-0.4, -0.2) is 36.2 Å². The van der Waals surface area contributed by atoms with Gasteiger partial charge < -0.3 is 14.8 Å². The number of piperazine rings is 1. The summed E-state index contributed by atoms with van der Waals surface area (Å²) in [4.78, 5) is 15.1. The van der Waals surface area contributed by atoms with Gasteiger partial charge in [0.25, 0.3) is 0 Å². The minimum Gasteiger partial charge on any atom is -0.422 e. The first-order chi connectivity index (χ1) is 13.2. The summed E-state index contributed by atoms with van der Waals surface area (Å²) in [6, 6.07) is 13.1.